The molecule has 132 valence electrons. The number of nitrogens with one attached hydrogen (secondary N) is 2. The number of hydrogen-bond donors (Lipinski definition) is 2. The third kappa shape index (κ3) is 3.41. The molecule has 1 aromatic heterocycles. The summed E-state index contributed by atoms with van der Waals surface area (Å²) in [6.45, 7) is 7.69. The van der Waals surface area contributed by atoms with E-state index < -0.39 is 0 Å². The maximum atomic E-state index is 4.42. The van der Waals surface area contributed by atoms with E-state index >= 15 is 0 Å². The molecule has 0 aromatic carbocycles. The summed E-state index contributed by atoms with van der Waals surface area (Å²) < 4.78 is 4.24. The maximum absolute atomic E-state index is 4.42. The van der Waals surface area contributed by atoms with Crippen LogP contribution in [0.25, 0.3) is 5.57 Å². The minimum Gasteiger partial charge on any atom is -0.369 e. The summed E-state index contributed by atoms with van der Waals surface area (Å²) >= 11 is 1.46. The molecule has 1 aromatic rings. The van der Waals surface area contributed by atoms with Crippen LogP contribution in [0.15, 0.2) is 46.8 Å². The summed E-state index contributed by atoms with van der Waals surface area (Å²) in [5.74, 6) is 0. The molecule has 1 atom stereocenters. The Bertz CT molecular complexity index is 705. The van der Waals surface area contributed by atoms with E-state index in [2.05, 4.69) is 43.2 Å². The van der Waals surface area contributed by atoms with Gasteiger partial charge in [-0.3, -0.25) is 5.43 Å². The van der Waals surface area contributed by atoms with E-state index in [9.17, 15) is 0 Å². The Morgan fingerprint density at radius 1 is 1.24 bits per heavy atom. The summed E-state index contributed by atoms with van der Waals surface area (Å²) in [6.07, 6.45) is 14.1. The van der Waals surface area contributed by atoms with Crippen LogP contribution in [-0.4, -0.2) is 40.7 Å². The molecule has 1 spiro atoms. The van der Waals surface area contributed by atoms with Gasteiger partial charge in [0.2, 0.25) is 0 Å². The Balaban J connectivity index is 1.61. The molecule has 4 rings (SSSR count). The Labute approximate surface area is 153 Å². The Morgan fingerprint density at radius 3 is 2.96 bits per heavy atom. The highest BCUT2D eigenvalue weighted by Crippen LogP contribution is 2.35. The number of hydrazone groups is 1. The standard InChI is InChI=1S/C19H25N5S/c1-15-17(16-11-23-25-13-16)12-22-21-9-5-18(15)24-10-4-7-19(14-24)6-2-3-8-20-19/h5,9,11-13,20,22H,1-4,6-8,10,14H2/b17-12+,18-5+,21-9-. The van der Waals surface area contributed by atoms with Crippen molar-refractivity contribution in [2.75, 3.05) is 19.6 Å². The fourth-order valence-electron chi connectivity index (χ4n) is 4.19. The van der Waals surface area contributed by atoms with Gasteiger partial charge in [0.05, 0.1) is 0 Å². The van der Waals surface area contributed by atoms with Gasteiger partial charge in [-0.15, -0.1) is 0 Å². The van der Waals surface area contributed by atoms with Crippen molar-refractivity contribution < 1.29 is 0 Å². The number of allylic oxidation sites excluding steroid dienone is 2. The largest absolute Gasteiger partial charge is 0.369 e. The van der Waals surface area contributed by atoms with Gasteiger partial charge in [-0.05, 0) is 49.8 Å². The predicted molar refractivity (Wildman–Crippen MR) is 104 cm³/mol. The van der Waals surface area contributed by atoms with Crippen molar-refractivity contribution in [3.63, 3.8) is 0 Å². The fourth-order valence-corrected chi connectivity index (χ4v) is 4.72. The van der Waals surface area contributed by atoms with Gasteiger partial charge >= 0.3 is 0 Å². The molecular formula is C19H25N5S. The molecule has 0 amide bonds. The van der Waals surface area contributed by atoms with Crippen molar-refractivity contribution in [1.82, 2.24) is 20.0 Å². The van der Waals surface area contributed by atoms with E-state index in [1.165, 1.54) is 49.3 Å². The Morgan fingerprint density at radius 2 is 2.16 bits per heavy atom. The van der Waals surface area contributed by atoms with E-state index in [1.54, 1.807) is 0 Å². The van der Waals surface area contributed by atoms with Gasteiger partial charge in [-0.25, -0.2) is 4.37 Å². The third-order valence-electron chi connectivity index (χ3n) is 5.47. The first kappa shape index (κ1) is 16.5. The highest BCUT2D eigenvalue weighted by Gasteiger charge is 2.37. The molecule has 4 heterocycles. The molecule has 25 heavy (non-hydrogen) atoms. The number of hydrogen-bond acceptors (Lipinski definition) is 6. The molecule has 1 unspecified atom stereocenters. The van der Waals surface area contributed by atoms with Gasteiger partial charge < -0.3 is 10.2 Å². The van der Waals surface area contributed by atoms with Gasteiger partial charge in [0.25, 0.3) is 0 Å². The van der Waals surface area contributed by atoms with E-state index in [4.69, 9.17) is 0 Å². The van der Waals surface area contributed by atoms with E-state index in [0.29, 0.717) is 0 Å². The van der Waals surface area contributed by atoms with E-state index in [0.717, 1.165) is 36.3 Å². The average Bonchev–Trinajstić information content (AvgIpc) is 3.14. The zero-order valence-electron chi connectivity index (χ0n) is 14.5. The minimum absolute atomic E-state index is 0.267. The van der Waals surface area contributed by atoms with Crippen LogP contribution in [0.5, 0.6) is 0 Å². The van der Waals surface area contributed by atoms with Crippen LogP contribution in [0, 0.1) is 0 Å². The summed E-state index contributed by atoms with van der Waals surface area (Å²) in [7, 11) is 0. The molecule has 5 nitrogen and oxygen atoms in total. The average molecular weight is 356 g/mol. The molecule has 0 saturated carbocycles. The van der Waals surface area contributed by atoms with Gasteiger partial charge in [0.15, 0.2) is 0 Å². The Kier molecular flexibility index (Phi) is 4.72. The second-order valence-electron chi connectivity index (χ2n) is 7.10. The Hall–Kier alpha value is -1.92. The van der Waals surface area contributed by atoms with Crippen molar-refractivity contribution >= 4 is 23.3 Å². The van der Waals surface area contributed by atoms with Crippen molar-refractivity contribution in [3.05, 3.63) is 47.3 Å². The van der Waals surface area contributed by atoms with Gasteiger partial charge in [-0.1, -0.05) is 13.0 Å². The highest BCUT2D eigenvalue weighted by molar-refractivity contribution is 7.03. The first-order valence-electron chi connectivity index (χ1n) is 9.06. The molecule has 3 aliphatic rings. The fraction of sp³-hybridized carbons (Fsp3) is 0.474. The smallest absolute Gasteiger partial charge is 0.0492 e. The van der Waals surface area contributed by atoms with Crippen LogP contribution in [0.2, 0.25) is 0 Å². The summed E-state index contributed by atoms with van der Waals surface area (Å²) in [5.41, 5.74) is 7.61. The molecule has 0 radical (unpaired) electrons. The monoisotopic (exact) mass is 355 g/mol. The van der Waals surface area contributed by atoms with E-state index in [1.807, 2.05) is 18.6 Å². The maximum Gasteiger partial charge on any atom is 0.0492 e. The SMILES string of the molecule is C=C1/C(c2cnsc2)=C\N/N=C\C=C/1N1CCCC2(CCCCN2)C1. The zero-order valence-corrected chi connectivity index (χ0v) is 15.3. The number of aromatic nitrogens is 1. The van der Waals surface area contributed by atoms with Crippen molar-refractivity contribution in [1.29, 1.82) is 0 Å². The van der Waals surface area contributed by atoms with Gasteiger partial charge in [0.1, 0.15) is 0 Å². The van der Waals surface area contributed by atoms with Gasteiger partial charge in [-0.2, -0.15) is 5.10 Å². The summed E-state index contributed by atoms with van der Waals surface area (Å²) in [6, 6.07) is 0. The van der Waals surface area contributed by atoms with Crippen molar-refractivity contribution in [3.8, 4) is 0 Å². The molecule has 3 aliphatic heterocycles. The molecule has 0 aliphatic carbocycles. The number of piperidine rings is 2. The second kappa shape index (κ2) is 7.14. The van der Waals surface area contributed by atoms with Crippen LogP contribution in [0.1, 0.15) is 37.7 Å². The molecule has 2 N–H and O–H groups in total. The van der Waals surface area contributed by atoms with Crippen LogP contribution in [-0.2, 0) is 0 Å². The topological polar surface area (TPSA) is 52.6 Å². The van der Waals surface area contributed by atoms with Crippen LogP contribution in [0.3, 0.4) is 0 Å². The van der Waals surface area contributed by atoms with Crippen LogP contribution < -0.4 is 10.7 Å². The van der Waals surface area contributed by atoms with E-state index in [-0.39, 0.29) is 5.54 Å². The lowest BCUT2D eigenvalue weighted by atomic mass is 9.81. The first-order chi connectivity index (χ1) is 12.3. The first-order valence-corrected chi connectivity index (χ1v) is 9.90. The second-order valence-corrected chi connectivity index (χ2v) is 7.76. The molecule has 6 heteroatoms. The molecular weight excluding hydrogens is 330 g/mol. The number of rotatable bonds is 2. The minimum atomic E-state index is 0.267. The van der Waals surface area contributed by atoms with Crippen LogP contribution in [0.4, 0.5) is 0 Å². The van der Waals surface area contributed by atoms with Gasteiger partial charge in [0, 0.05) is 65.0 Å². The van der Waals surface area contributed by atoms with Crippen molar-refractivity contribution in [2.24, 2.45) is 5.10 Å². The zero-order chi connectivity index (χ0) is 17.1. The molecule has 2 fully saturated rings. The number of nitrogens with zero attached hydrogens (tertiary/aromatic N) is 3. The third-order valence-corrected chi connectivity index (χ3v) is 6.05. The quantitative estimate of drug-likeness (QED) is 0.856. The lowest BCUT2D eigenvalue weighted by Gasteiger charge is -2.47. The summed E-state index contributed by atoms with van der Waals surface area (Å²) in [5, 5.41) is 10.1. The normalized spacial score (nSPS) is 32.8. The van der Waals surface area contributed by atoms with Crippen LogP contribution >= 0.6 is 11.5 Å². The molecule has 0 bridgehead atoms. The molecule has 2 saturated heterocycles. The number of likely N-dealkylation sites (tertiary alicyclic amines) is 1. The lowest BCUT2D eigenvalue weighted by molar-refractivity contribution is 0.125. The predicted octanol–water partition coefficient (Wildman–Crippen LogP) is 3.12. The highest BCUT2D eigenvalue weighted by atomic mass is 32.1. The lowest BCUT2D eigenvalue weighted by Crippen LogP contribution is -2.58. The van der Waals surface area contributed by atoms with Crippen molar-refractivity contribution in [2.45, 2.75) is 37.6 Å². The summed E-state index contributed by atoms with van der Waals surface area (Å²) in [4.78, 5) is 2.50.